The van der Waals surface area contributed by atoms with Crippen LogP contribution in [-0.2, 0) is 6.54 Å². The molecule has 0 aliphatic carbocycles. The lowest BCUT2D eigenvalue weighted by Crippen LogP contribution is -2.22. The van der Waals surface area contributed by atoms with Gasteiger partial charge >= 0.3 is 0 Å². The van der Waals surface area contributed by atoms with Crippen molar-refractivity contribution in [1.82, 2.24) is 5.32 Å². The molecule has 1 amide bonds. The molecule has 0 fully saturated rings. The fourth-order valence-electron chi connectivity index (χ4n) is 1.65. The molecule has 1 aromatic carbocycles. The second kappa shape index (κ2) is 5.19. The van der Waals surface area contributed by atoms with Crippen LogP contribution in [0.2, 0.25) is 0 Å². The topological polar surface area (TPSA) is 66.0 Å². The van der Waals surface area contributed by atoms with Gasteiger partial charge in [0, 0.05) is 6.54 Å². The highest BCUT2D eigenvalue weighted by Crippen LogP contribution is 2.09. The summed E-state index contributed by atoms with van der Waals surface area (Å²) in [5.74, 6) is 0.418. The maximum absolute atomic E-state index is 11.8. The SMILES string of the molecule is Cc1occc1C(=O)NCc1cccc(C#N)c1. The number of hydrogen-bond donors (Lipinski definition) is 1. The van der Waals surface area contributed by atoms with Crippen molar-refractivity contribution in [2.75, 3.05) is 0 Å². The zero-order valence-corrected chi connectivity index (χ0v) is 9.93. The van der Waals surface area contributed by atoms with E-state index in [0.717, 1.165) is 5.56 Å². The van der Waals surface area contributed by atoms with Gasteiger partial charge in [-0.25, -0.2) is 0 Å². The lowest BCUT2D eigenvalue weighted by atomic mass is 10.1. The molecule has 0 bridgehead atoms. The van der Waals surface area contributed by atoms with Gasteiger partial charge in [0.25, 0.3) is 5.91 Å². The van der Waals surface area contributed by atoms with E-state index >= 15 is 0 Å². The number of rotatable bonds is 3. The quantitative estimate of drug-likeness (QED) is 0.895. The van der Waals surface area contributed by atoms with E-state index in [9.17, 15) is 4.79 Å². The third kappa shape index (κ3) is 2.58. The van der Waals surface area contributed by atoms with Crippen LogP contribution in [0.3, 0.4) is 0 Å². The van der Waals surface area contributed by atoms with Crippen molar-refractivity contribution < 1.29 is 9.21 Å². The molecule has 2 aromatic rings. The first-order valence-corrected chi connectivity index (χ1v) is 5.52. The van der Waals surface area contributed by atoms with Gasteiger partial charge in [-0.05, 0) is 30.7 Å². The Balaban J connectivity index is 2.02. The van der Waals surface area contributed by atoms with Crippen molar-refractivity contribution in [3.05, 3.63) is 59.0 Å². The van der Waals surface area contributed by atoms with E-state index in [1.807, 2.05) is 6.07 Å². The molecule has 4 heteroatoms. The lowest BCUT2D eigenvalue weighted by Gasteiger charge is -2.04. The number of carbonyl (C=O) groups is 1. The van der Waals surface area contributed by atoms with Gasteiger partial charge in [-0.15, -0.1) is 0 Å². The van der Waals surface area contributed by atoms with Crippen molar-refractivity contribution in [3.63, 3.8) is 0 Å². The maximum atomic E-state index is 11.8. The molecule has 0 unspecified atom stereocenters. The summed E-state index contributed by atoms with van der Waals surface area (Å²) < 4.78 is 5.07. The minimum Gasteiger partial charge on any atom is -0.469 e. The van der Waals surface area contributed by atoms with Crippen LogP contribution in [-0.4, -0.2) is 5.91 Å². The van der Waals surface area contributed by atoms with Crippen molar-refractivity contribution in [2.24, 2.45) is 0 Å². The summed E-state index contributed by atoms with van der Waals surface area (Å²) in [6, 6.07) is 10.8. The molecular weight excluding hydrogens is 228 g/mol. The van der Waals surface area contributed by atoms with Crippen LogP contribution in [0, 0.1) is 18.3 Å². The lowest BCUT2D eigenvalue weighted by molar-refractivity contribution is 0.0949. The summed E-state index contributed by atoms with van der Waals surface area (Å²) in [4.78, 5) is 11.8. The summed E-state index contributed by atoms with van der Waals surface area (Å²) in [7, 11) is 0. The second-order valence-electron chi connectivity index (χ2n) is 3.89. The van der Waals surface area contributed by atoms with E-state index in [-0.39, 0.29) is 5.91 Å². The number of aryl methyl sites for hydroxylation is 1. The fraction of sp³-hybridized carbons (Fsp3) is 0.143. The Hall–Kier alpha value is -2.54. The average Bonchev–Trinajstić information content (AvgIpc) is 2.82. The third-order valence-electron chi connectivity index (χ3n) is 2.61. The van der Waals surface area contributed by atoms with E-state index in [4.69, 9.17) is 9.68 Å². The highest BCUT2D eigenvalue weighted by Gasteiger charge is 2.10. The second-order valence-corrected chi connectivity index (χ2v) is 3.89. The molecule has 0 aliphatic heterocycles. The molecule has 1 heterocycles. The van der Waals surface area contributed by atoms with Crippen molar-refractivity contribution in [1.29, 1.82) is 5.26 Å². The minimum absolute atomic E-state index is 0.177. The molecular formula is C14H12N2O2. The van der Waals surface area contributed by atoms with E-state index in [1.54, 1.807) is 31.2 Å². The summed E-state index contributed by atoms with van der Waals surface area (Å²) in [5, 5.41) is 11.6. The number of nitrogens with zero attached hydrogens (tertiary/aromatic N) is 1. The molecule has 0 aliphatic rings. The van der Waals surface area contributed by atoms with E-state index in [0.29, 0.717) is 23.4 Å². The van der Waals surface area contributed by atoms with Gasteiger partial charge in [-0.2, -0.15) is 5.26 Å². The predicted octanol–water partition coefficient (Wildman–Crippen LogP) is 2.39. The molecule has 2 rings (SSSR count). The molecule has 0 spiro atoms. The molecule has 0 atom stereocenters. The van der Waals surface area contributed by atoms with Crippen LogP contribution in [0.15, 0.2) is 41.0 Å². The highest BCUT2D eigenvalue weighted by atomic mass is 16.3. The first-order chi connectivity index (χ1) is 8.70. The Morgan fingerprint density at radius 1 is 1.44 bits per heavy atom. The van der Waals surface area contributed by atoms with Gasteiger partial charge in [0.15, 0.2) is 0 Å². The molecule has 18 heavy (non-hydrogen) atoms. The Morgan fingerprint density at radius 2 is 2.28 bits per heavy atom. The van der Waals surface area contributed by atoms with Crippen molar-refractivity contribution in [2.45, 2.75) is 13.5 Å². The Labute approximate surface area is 105 Å². The number of amides is 1. The summed E-state index contributed by atoms with van der Waals surface area (Å²) in [6.07, 6.45) is 1.49. The van der Waals surface area contributed by atoms with Crippen LogP contribution in [0.5, 0.6) is 0 Å². The van der Waals surface area contributed by atoms with Crippen LogP contribution in [0.1, 0.15) is 27.2 Å². The number of nitriles is 1. The zero-order valence-electron chi connectivity index (χ0n) is 9.93. The normalized spacial score (nSPS) is 9.78. The monoisotopic (exact) mass is 240 g/mol. The highest BCUT2D eigenvalue weighted by molar-refractivity contribution is 5.94. The van der Waals surface area contributed by atoms with E-state index < -0.39 is 0 Å². The van der Waals surface area contributed by atoms with Crippen LogP contribution in [0.4, 0.5) is 0 Å². The number of benzene rings is 1. The van der Waals surface area contributed by atoms with Gasteiger partial charge in [0.2, 0.25) is 0 Å². The fourth-order valence-corrected chi connectivity index (χ4v) is 1.65. The molecule has 0 saturated carbocycles. The number of nitrogens with one attached hydrogen (secondary N) is 1. The minimum atomic E-state index is -0.177. The molecule has 90 valence electrons. The summed E-state index contributed by atoms with van der Waals surface area (Å²) in [5.41, 5.74) is 2.01. The Morgan fingerprint density at radius 3 is 2.94 bits per heavy atom. The van der Waals surface area contributed by atoms with Crippen LogP contribution >= 0.6 is 0 Å². The Bertz CT molecular complexity index is 608. The van der Waals surface area contributed by atoms with Gasteiger partial charge < -0.3 is 9.73 Å². The summed E-state index contributed by atoms with van der Waals surface area (Å²) >= 11 is 0. The van der Waals surface area contributed by atoms with Gasteiger partial charge in [0.1, 0.15) is 5.76 Å². The first-order valence-electron chi connectivity index (χ1n) is 5.52. The average molecular weight is 240 g/mol. The van der Waals surface area contributed by atoms with E-state index in [1.165, 1.54) is 6.26 Å². The number of hydrogen-bond acceptors (Lipinski definition) is 3. The smallest absolute Gasteiger partial charge is 0.255 e. The largest absolute Gasteiger partial charge is 0.469 e. The number of furan rings is 1. The Kier molecular flexibility index (Phi) is 3.44. The van der Waals surface area contributed by atoms with E-state index in [2.05, 4.69) is 11.4 Å². The van der Waals surface area contributed by atoms with Gasteiger partial charge in [0.05, 0.1) is 23.5 Å². The molecule has 0 saturated heterocycles. The molecule has 1 aromatic heterocycles. The molecule has 0 radical (unpaired) electrons. The molecule has 4 nitrogen and oxygen atoms in total. The number of carbonyl (C=O) groups excluding carboxylic acids is 1. The molecule has 1 N–H and O–H groups in total. The predicted molar refractivity (Wildman–Crippen MR) is 65.8 cm³/mol. The maximum Gasteiger partial charge on any atom is 0.255 e. The van der Waals surface area contributed by atoms with Crippen LogP contribution < -0.4 is 5.32 Å². The third-order valence-corrected chi connectivity index (χ3v) is 2.61. The van der Waals surface area contributed by atoms with Crippen LogP contribution in [0.25, 0.3) is 0 Å². The first kappa shape index (κ1) is 11.9. The summed E-state index contributed by atoms with van der Waals surface area (Å²) in [6.45, 7) is 2.13. The van der Waals surface area contributed by atoms with Crippen molar-refractivity contribution in [3.8, 4) is 6.07 Å². The zero-order chi connectivity index (χ0) is 13.0. The van der Waals surface area contributed by atoms with Gasteiger partial charge in [-0.1, -0.05) is 12.1 Å². The van der Waals surface area contributed by atoms with Crippen molar-refractivity contribution >= 4 is 5.91 Å². The standard InChI is InChI=1S/C14H12N2O2/c1-10-13(5-6-18-10)14(17)16-9-12-4-2-3-11(7-12)8-15/h2-7H,9H2,1H3,(H,16,17). The van der Waals surface area contributed by atoms with Gasteiger partial charge in [-0.3, -0.25) is 4.79 Å².